The van der Waals surface area contributed by atoms with Crippen LogP contribution in [0.4, 0.5) is 5.82 Å². The molecular formula is C15H17N7O2. The van der Waals surface area contributed by atoms with Gasteiger partial charge in [0, 0.05) is 31.4 Å². The third-order valence-electron chi connectivity index (χ3n) is 3.19. The van der Waals surface area contributed by atoms with Crippen molar-refractivity contribution >= 4 is 11.7 Å². The average Bonchev–Trinajstić information content (AvgIpc) is 3.20. The molecule has 9 heteroatoms. The summed E-state index contributed by atoms with van der Waals surface area (Å²) in [5, 5.41) is 13.8. The molecule has 0 fully saturated rings. The van der Waals surface area contributed by atoms with Crippen LogP contribution < -0.4 is 10.6 Å². The number of hydrogen-bond donors (Lipinski definition) is 2. The van der Waals surface area contributed by atoms with Crippen LogP contribution in [0, 0.1) is 13.8 Å². The molecule has 3 rings (SSSR count). The lowest BCUT2D eigenvalue weighted by Crippen LogP contribution is -2.29. The van der Waals surface area contributed by atoms with E-state index in [1.807, 2.05) is 19.2 Å². The van der Waals surface area contributed by atoms with Gasteiger partial charge in [-0.3, -0.25) is 4.79 Å². The maximum atomic E-state index is 11.8. The van der Waals surface area contributed by atoms with E-state index in [4.69, 9.17) is 4.52 Å². The monoisotopic (exact) mass is 327 g/mol. The maximum Gasteiger partial charge on any atom is 0.273 e. The van der Waals surface area contributed by atoms with Crippen LogP contribution in [-0.2, 0) is 0 Å². The first kappa shape index (κ1) is 15.7. The molecule has 24 heavy (non-hydrogen) atoms. The number of carbonyl (C=O) groups excluding carboxylic acids is 1. The Labute approximate surface area is 138 Å². The Morgan fingerprint density at radius 1 is 1.25 bits per heavy atom. The van der Waals surface area contributed by atoms with Crippen molar-refractivity contribution in [3.8, 4) is 5.82 Å². The average molecular weight is 327 g/mol. The topological polar surface area (TPSA) is 111 Å². The number of amides is 1. The van der Waals surface area contributed by atoms with Crippen molar-refractivity contribution in [2.75, 3.05) is 18.4 Å². The fraction of sp³-hybridized carbons (Fsp3) is 0.267. The molecule has 3 aromatic heterocycles. The number of rotatable bonds is 6. The molecule has 0 radical (unpaired) electrons. The second kappa shape index (κ2) is 6.90. The van der Waals surface area contributed by atoms with Gasteiger partial charge in [0.2, 0.25) is 0 Å². The Kier molecular flexibility index (Phi) is 4.50. The maximum absolute atomic E-state index is 11.8. The summed E-state index contributed by atoms with van der Waals surface area (Å²) in [6.45, 7) is 4.58. The summed E-state index contributed by atoms with van der Waals surface area (Å²) in [5.41, 5.74) is 1.18. The molecule has 3 aromatic rings. The zero-order valence-electron chi connectivity index (χ0n) is 13.4. The van der Waals surface area contributed by atoms with Crippen LogP contribution in [-0.4, -0.2) is 43.9 Å². The Hall–Kier alpha value is -3.23. The number of nitrogens with one attached hydrogen (secondary N) is 2. The van der Waals surface area contributed by atoms with E-state index in [1.165, 1.54) is 6.33 Å². The zero-order chi connectivity index (χ0) is 16.9. The van der Waals surface area contributed by atoms with Gasteiger partial charge in [0.1, 0.15) is 17.9 Å². The van der Waals surface area contributed by atoms with Gasteiger partial charge in [0.05, 0.1) is 5.69 Å². The number of anilines is 1. The van der Waals surface area contributed by atoms with Crippen LogP contribution in [0.3, 0.4) is 0 Å². The minimum atomic E-state index is -0.274. The van der Waals surface area contributed by atoms with Crippen LogP contribution in [0.5, 0.6) is 0 Å². The van der Waals surface area contributed by atoms with Gasteiger partial charge in [-0.05, 0) is 19.9 Å². The lowest BCUT2D eigenvalue weighted by molar-refractivity contribution is 0.0946. The highest BCUT2D eigenvalue weighted by Crippen LogP contribution is 2.08. The Morgan fingerprint density at radius 3 is 2.83 bits per heavy atom. The number of hydrogen-bond acceptors (Lipinski definition) is 7. The fourth-order valence-corrected chi connectivity index (χ4v) is 2.04. The van der Waals surface area contributed by atoms with Crippen molar-refractivity contribution in [2.45, 2.75) is 13.8 Å². The first-order valence-corrected chi connectivity index (χ1v) is 7.42. The summed E-state index contributed by atoms with van der Waals surface area (Å²) in [5.74, 6) is 1.65. The lowest BCUT2D eigenvalue weighted by Gasteiger charge is -2.07. The van der Waals surface area contributed by atoms with E-state index < -0.39 is 0 Å². The predicted molar refractivity (Wildman–Crippen MR) is 86.0 cm³/mol. The highest BCUT2D eigenvalue weighted by atomic mass is 16.5. The largest absolute Gasteiger partial charge is 0.368 e. The van der Waals surface area contributed by atoms with E-state index in [2.05, 4.69) is 30.9 Å². The van der Waals surface area contributed by atoms with Gasteiger partial charge in [-0.2, -0.15) is 5.10 Å². The molecule has 0 aliphatic heterocycles. The molecule has 0 aromatic carbocycles. The van der Waals surface area contributed by atoms with Crippen molar-refractivity contribution in [3.63, 3.8) is 0 Å². The highest BCUT2D eigenvalue weighted by Gasteiger charge is 2.09. The van der Waals surface area contributed by atoms with E-state index in [1.54, 1.807) is 23.7 Å². The molecule has 0 atom stereocenters. The van der Waals surface area contributed by atoms with Gasteiger partial charge in [0.15, 0.2) is 11.5 Å². The van der Waals surface area contributed by atoms with E-state index in [0.29, 0.717) is 30.5 Å². The SMILES string of the molecule is Cc1ccn(-c2cc(NCCNC(=O)c3cc(C)on3)ncn2)n1. The lowest BCUT2D eigenvalue weighted by atomic mass is 10.3. The number of aromatic nitrogens is 5. The second-order valence-corrected chi connectivity index (χ2v) is 5.17. The standard InChI is InChI=1S/C15H17N7O2/c1-10-3-6-22(20-10)14-8-13(18-9-19-14)16-4-5-17-15(23)12-7-11(2)24-21-12/h3,6-9H,4-5H2,1-2H3,(H,17,23)(H,16,18,19). The van der Waals surface area contributed by atoms with Gasteiger partial charge in [-0.1, -0.05) is 5.16 Å². The van der Waals surface area contributed by atoms with Gasteiger partial charge in [-0.25, -0.2) is 14.6 Å². The van der Waals surface area contributed by atoms with E-state index >= 15 is 0 Å². The summed E-state index contributed by atoms with van der Waals surface area (Å²) < 4.78 is 6.54. The van der Waals surface area contributed by atoms with Gasteiger partial charge in [-0.15, -0.1) is 0 Å². The molecule has 0 aliphatic carbocycles. The van der Waals surface area contributed by atoms with Gasteiger partial charge >= 0.3 is 0 Å². The molecule has 2 N–H and O–H groups in total. The van der Waals surface area contributed by atoms with Crippen molar-refractivity contribution in [3.05, 3.63) is 47.9 Å². The number of nitrogens with zero attached hydrogens (tertiary/aromatic N) is 5. The Bertz CT molecular complexity index is 840. The van der Waals surface area contributed by atoms with Crippen LogP contribution in [0.15, 0.2) is 35.2 Å². The summed E-state index contributed by atoms with van der Waals surface area (Å²) in [6, 6.07) is 5.27. The van der Waals surface area contributed by atoms with Crippen LogP contribution >= 0.6 is 0 Å². The minimum absolute atomic E-state index is 0.269. The van der Waals surface area contributed by atoms with Gasteiger partial charge < -0.3 is 15.2 Å². The Morgan fingerprint density at radius 2 is 2.12 bits per heavy atom. The van der Waals surface area contributed by atoms with Crippen LogP contribution in [0.1, 0.15) is 21.9 Å². The smallest absolute Gasteiger partial charge is 0.273 e. The van der Waals surface area contributed by atoms with Crippen molar-refractivity contribution in [2.24, 2.45) is 0 Å². The quantitative estimate of drug-likeness (QED) is 0.652. The number of aryl methyl sites for hydroxylation is 2. The second-order valence-electron chi connectivity index (χ2n) is 5.17. The van der Waals surface area contributed by atoms with Gasteiger partial charge in [0.25, 0.3) is 5.91 Å². The van der Waals surface area contributed by atoms with Crippen molar-refractivity contribution in [1.82, 2.24) is 30.2 Å². The summed E-state index contributed by atoms with van der Waals surface area (Å²) in [4.78, 5) is 20.1. The molecule has 1 amide bonds. The molecular weight excluding hydrogens is 310 g/mol. The molecule has 0 unspecified atom stereocenters. The molecule has 0 saturated carbocycles. The molecule has 9 nitrogen and oxygen atoms in total. The zero-order valence-corrected chi connectivity index (χ0v) is 13.4. The highest BCUT2D eigenvalue weighted by molar-refractivity contribution is 5.92. The summed E-state index contributed by atoms with van der Waals surface area (Å²) in [7, 11) is 0. The van der Waals surface area contributed by atoms with Crippen LogP contribution in [0.25, 0.3) is 5.82 Å². The first-order valence-electron chi connectivity index (χ1n) is 7.42. The molecule has 3 heterocycles. The van der Waals surface area contributed by atoms with E-state index in [0.717, 1.165) is 5.69 Å². The molecule has 0 aliphatic rings. The minimum Gasteiger partial charge on any atom is -0.368 e. The normalized spacial score (nSPS) is 10.6. The van der Waals surface area contributed by atoms with E-state index in [9.17, 15) is 4.79 Å². The first-order chi connectivity index (χ1) is 11.6. The van der Waals surface area contributed by atoms with E-state index in [-0.39, 0.29) is 11.6 Å². The predicted octanol–water partition coefficient (Wildman–Crippen LogP) is 1.11. The molecule has 0 spiro atoms. The van der Waals surface area contributed by atoms with Crippen molar-refractivity contribution < 1.29 is 9.32 Å². The third-order valence-corrected chi connectivity index (χ3v) is 3.19. The summed E-state index contributed by atoms with van der Waals surface area (Å²) in [6.07, 6.45) is 3.30. The summed E-state index contributed by atoms with van der Waals surface area (Å²) >= 11 is 0. The molecule has 124 valence electrons. The Balaban J connectivity index is 1.51. The molecule has 0 bridgehead atoms. The van der Waals surface area contributed by atoms with Crippen LogP contribution in [0.2, 0.25) is 0 Å². The molecule has 0 saturated heterocycles. The third kappa shape index (κ3) is 3.75. The number of carbonyl (C=O) groups is 1. The fourth-order valence-electron chi connectivity index (χ4n) is 2.04. The van der Waals surface area contributed by atoms with Crippen molar-refractivity contribution in [1.29, 1.82) is 0 Å².